The van der Waals surface area contributed by atoms with Gasteiger partial charge in [0, 0.05) is 35.9 Å². The number of rotatable bonds is 6. The molecule has 0 radical (unpaired) electrons. The van der Waals surface area contributed by atoms with Crippen LogP contribution in [-0.4, -0.2) is 29.9 Å². The lowest BCUT2D eigenvalue weighted by atomic mass is 10.1. The van der Waals surface area contributed by atoms with Crippen molar-refractivity contribution in [2.45, 2.75) is 19.4 Å². The molecule has 6 nitrogen and oxygen atoms in total. The number of nitrogens with zero attached hydrogens (tertiary/aromatic N) is 3. The van der Waals surface area contributed by atoms with Crippen LogP contribution in [-0.2, 0) is 17.8 Å². The Kier molecular flexibility index (Phi) is 6.29. The van der Waals surface area contributed by atoms with Gasteiger partial charge in [0.15, 0.2) is 0 Å². The van der Waals surface area contributed by atoms with Crippen LogP contribution in [0, 0.1) is 11.3 Å². The molecule has 1 fully saturated rings. The topological polar surface area (TPSA) is 76.4 Å². The van der Waals surface area contributed by atoms with Crippen molar-refractivity contribution in [1.29, 1.82) is 5.26 Å². The van der Waals surface area contributed by atoms with Crippen LogP contribution in [0.15, 0.2) is 66.0 Å². The summed E-state index contributed by atoms with van der Waals surface area (Å²) < 4.78 is 0. The van der Waals surface area contributed by atoms with Gasteiger partial charge >= 0.3 is 6.03 Å². The van der Waals surface area contributed by atoms with E-state index in [-0.39, 0.29) is 11.9 Å². The van der Waals surface area contributed by atoms with Crippen molar-refractivity contribution < 1.29 is 9.59 Å². The van der Waals surface area contributed by atoms with Crippen molar-refractivity contribution in [3.8, 4) is 6.07 Å². The van der Waals surface area contributed by atoms with Crippen molar-refractivity contribution >= 4 is 34.6 Å². The first-order valence-corrected chi connectivity index (χ1v) is 11.0. The zero-order valence-corrected chi connectivity index (χ0v) is 17.8. The molecule has 0 saturated carbocycles. The van der Waals surface area contributed by atoms with E-state index < -0.39 is 0 Å². The van der Waals surface area contributed by atoms with E-state index in [1.165, 1.54) is 0 Å². The second-order valence-corrected chi connectivity index (χ2v) is 8.36. The molecule has 1 saturated heterocycles. The minimum absolute atomic E-state index is 0.0633. The second kappa shape index (κ2) is 9.45. The third-order valence-electron chi connectivity index (χ3n) is 5.19. The van der Waals surface area contributed by atoms with Crippen LogP contribution in [0.3, 0.4) is 0 Å². The summed E-state index contributed by atoms with van der Waals surface area (Å²) in [7, 11) is 0. The van der Waals surface area contributed by atoms with E-state index in [9.17, 15) is 14.9 Å². The Bertz CT molecular complexity index is 1100. The highest BCUT2D eigenvalue weighted by Crippen LogP contribution is 2.24. The molecular weight excluding hydrogens is 408 g/mol. The molecule has 1 aliphatic heterocycles. The van der Waals surface area contributed by atoms with Gasteiger partial charge in [0.25, 0.3) is 0 Å². The molecule has 0 unspecified atom stereocenters. The molecule has 156 valence electrons. The number of urea groups is 1. The fourth-order valence-electron chi connectivity index (χ4n) is 3.64. The molecule has 0 spiro atoms. The van der Waals surface area contributed by atoms with Gasteiger partial charge in [-0.05, 0) is 53.8 Å². The number of anilines is 2. The maximum atomic E-state index is 13.1. The standard InChI is InChI=1S/C24H22N4O2S/c25-16-18-5-1-2-6-19(18)17-27-12-4-13-28(24(27)30)21-10-8-20(9-11-21)26-23(29)15-22-7-3-14-31-22/h1-3,5-11,14H,4,12-13,15,17H2,(H,26,29). The number of amides is 3. The zero-order chi connectivity index (χ0) is 21.6. The normalized spacial score (nSPS) is 13.7. The highest BCUT2D eigenvalue weighted by atomic mass is 32.1. The summed E-state index contributed by atoms with van der Waals surface area (Å²) in [5.41, 5.74) is 2.94. The quantitative estimate of drug-likeness (QED) is 0.619. The number of carbonyl (C=O) groups excluding carboxylic acids is 2. The van der Waals surface area contributed by atoms with Crippen LogP contribution in [0.5, 0.6) is 0 Å². The van der Waals surface area contributed by atoms with Gasteiger partial charge in [-0.15, -0.1) is 11.3 Å². The molecule has 0 bridgehead atoms. The molecular formula is C24H22N4O2S. The number of hydrogen-bond acceptors (Lipinski definition) is 4. The van der Waals surface area contributed by atoms with E-state index in [4.69, 9.17) is 0 Å². The number of nitrogens with one attached hydrogen (secondary N) is 1. The number of hydrogen-bond donors (Lipinski definition) is 1. The minimum Gasteiger partial charge on any atom is -0.326 e. The van der Waals surface area contributed by atoms with Crippen molar-refractivity contribution in [2.75, 3.05) is 23.3 Å². The highest BCUT2D eigenvalue weighted by molar-refractivity contribution is 7.10. The predicted molar refractivity (Wildman–Crippen MR) is 122 cm³/mol. The van der Waals surface area contributed by atoms with Crippen molar-refractivity contribution in [3.63, 3.8) is 0 Å². The van der Waals surface area contributed by atoms with Gasteiger partial charge < -0.3 is 10.2 Å². The molecule has 3 aromatic rings. The molecule has 1 N–H and O–H groups in total. The molecule has 0 atom stereocenters. The lowest BCUT2D eigenvalue weighted by Crippen LogP contribution is -2.49. The monoisotopic (exact) mass is 430 g/mol. The Morgan fingerprint density at radius 2 is 1.87 bits per heavy atom. The lowest BCUT2D eigenvalue weighted by Gasteiger charge is -2.36. The van der Waals surface area contributed by atoms with Gasteiger partial charge in [-0.1, -0.05) is 24.3 Å². The SMILES string of the molecule is N#Cc1ccccc1CN1CCCN(c2ccc(NC(=O)Cc3cccs3)cc2)C1=O. The Hall–Kier alpha value is -3.63. The Morgan fingerprint density at radius 3 is 2.61 bits per heavy atom. The van der Waals surface area contributed by atoms with Gasteiger partial charge in [-0.25, -0.2) is 4.79 Å². The van der Waals surface area contributed by atoms with Crippen LogP contribution < -0.4 is 10.2 Å². The lowest BCUT2D eigenvalue weighted by molar-refractivity contribution is -0.115. The Balaban J connectivity index is 1.41. The fraction of sp³-hybridized carbons (Fsp3) is 0.208. The summed E-state index contributed by atoms with van der Waals surface area (Å²) in [6, 6.07) is 20.7. The maximum Gasteiger partial charge on any atom is 0.324 e. The van der Waals surface area contributed by atoms with Crippen molar-refractivity contribution in [2.24, 2.45) is 0 Å². The van der Waals surface area contributed by atoms with Crippen LogP contribution in [0.1, 0.15) is 22.4 Å². The van der Waals surface area contributed by atoms with E-state index in [1.807, 2.05) is 60.0 Å². The number of thiophene rings is 1. The highest BCUT2D eigenvalue weighted by Gasteiger charge is 2.27. The van der Waals surface area contributed by atoms with Gasteiger partial charge in [0.05, 0.1) is 18.1 Å². The van der Waals surface area contributed by atoms with E-state index in [0.717, 1.165) is 22.5 Å². The summed E-state index contributed by atoms with van der Waals surface area (Å²) in [5.74, 6) is -0.0633. The average Bonchev–Trinajstić information content (AvgIpc) is 3.29. The first kappa shape index (κ1) is 20.6. The number of nitriles is 1. The molecule has 0 aliphatic carbocycles. The molecule has 7 heteroatoms. The second-order valence-electron chi connectivity index (χ2n) is 7.33. The van der Waals surface area contributed by atoms with Gasteiger partial charge in [-0.3, -0.25) is 9.69 Å². The van der Waals surface area contributed by atoms with Crippen molar-refractivity contribution in [3.05, 3.63) is 82.0 Å². The van der Waals surface area contributed by atoms with E-state index in [1.54, 1.807) is 27.2 Å². The van der Waals surface area contributed by atoms with Gasteiger partial charge in [0.1, 0.15) is 0 Å². The van der Waals surface area contributed by atoms with E-state index >= 15 is 0 Å². The van der Waals surface area contributed by atoms with E-state index in [2.05, 4.69) is 11.4 Å². The molecule has 4 rings (SSSR count). The largest absolute Gasteiger partial charge is 0.326 e. The molecule has 1 aromatic heterocycles. The maximum absolute atomic E-state index is 13.1. The average molecular weight is 431 g/mol. The minimum atomic E-state index is -0.0755. The van der Waals surface area contributed by atoms with Crippen LogP contribution in [0.2, 0.25) is 0 Å². The predicted octanol–water partition coefficient (Wildman–Crippen LogP) is 4.63. The Morgan fingerprint density at radius 1 is 1.06 bits per heavy atom. The molecule has 3 amide bonds. The smallest absolute Gasteiger partial charge is 0.324 e. The van der Waals surface area contributed by atoms with Crippen LogP contribution in [0.4, 0.5) is 16.2 Å². The Labute approximate surface area is 185 Å². The first-order chi connectivity index (χ1) is 15.1. The van der Waals surface area contributed by atoms with Crippen molar-refractivity contribution in [1.82, 2.24) is 4.90 Å². The van der Waals surface area contributed by atoms with E-state index in [0.29, 0.717) is 37.3 Å². The molecule has 2 heterocycles. The fourth-order valence-corrected chi connectivity index (χ4v) is 4.35. The van der Waals surface area contributed by atoms with Crippen LogP contribution >= 0.6 is 11.3 Å². The zero-order valence-electron chi connectivity index (χ0n) is 17.0. The summed E-state index contributed by atoms with van der Waals surface area (Å²) in [4.78, 5) is 29.8. The van der Waals surface area contributed by atoms with Gasteiger partial charge in [-0.2, -0.15) is 5.26 Å². The number of benzene rings is 2. The number of carbonyl (C=O) groups is 2. The third kappa shape index (κ3) is 4.93. The summed E-state index contributed by atoms with van der Waals surface area (Å²) in [5, 5.41) is 14.2. The van der Waals surface area contributed by atoms with Gasteiger partial charge in [0.2, 0.25) is 5.91 Å². The molecule has 31 heavy (non-hydrogen) atoms. The summed E-state index contributed by atoms with van der Waals surface area (Å²) >= 11 is 1.56. The molecule has 1 aliphatic rings. The van der Waals surface area contributed by atoms with Crippen LogP contribution in [0.25, 0.3) is 0 Å². The summed E-state index contributed by atoms with van der Waals surface area (Å²) in [6.45, 7) is 1.71. The first-order valence-electron chi connectivity index (χ1n) is 10.1. The summed E-state index contributed by atoms with van der Waals surface area (Å²) in [6.07, 6.45) is 1.20. The third-order valence-corrected chi connectivity index (χ3v) is 6.06. The molecule has 2 aromatic carbocycles.